The van der Waals surface area contributed by atoms with E-state index in [1.54, 1.807) is 0 Å². The van der Waals surface area contributed by atoms with E-state index in [0.29, 0.717) is 5.16 Å². The van der Waals surface area contributed by atoms with Crippen LogP contribution in [-0.4, -0.2) is 23.6 Å². The van der Waals surface area contributed by atoms with Crippen LogP contribution in [-0.2, 0) is 0 Å². The van der Waals surface area contributed by atoms with Crippen molar-refractivity contribution in [3.63, 3.8) is 0 Å². The highest BCUT2D eigenvalue weighted by Crippen LogP contribution is 2.32. The van der Waals surface area contributed by atoms with Gasteiger partial charge in [0.05, 0.1) is 5.54 Å². The molecule has 0 bridgehead atoms. The molecule has 0 aliphatic carbocycles. The number of unbranched alkanes of at least 4 members (excludes halogenated alkanes) is 8. The van der Waals surface area contributed by atoms with Gasteiger partial charge >= 0.3 is 0 Å². The minimum Gasteiger partial charge on any atom is -0.292 e. The van der Waals surface area contributed by atoms with Crippen LogP contribution in [0.2, 0.25) is 0 Å². The minimum absolute atomic E-state index is 0.154. The van der Waals surface area contributed by atoms with E-state index in [0.717, 1.165) is 8.58 Å². The third-order valence-electron chi connectivity index (χ3n) is 4.75. The Bertz CT molecular complexity index is 281. The molecule has 0 spiro atoms. The summed E-state index contributed by atoms with van der Waals surface area (Å²) >= 11 is 0. The first kappa shape index (κ1) is 22.1. The number of rotatable bonds is 14. The van der Waals surface area contributed by atoms with Gasteiger partial charge in [-0.2, -0.15) is 0 Å². The first-order valence-electron chi connectivity index (χ1n) is 9.52. The zero-order valence-corrected chi connectivity index (χ0v) is 17.3. The largest absolute Gasteiger partial charge is 0.292 e. The summed E-state index contributed by atoms with van der Waals surface area (Å²) in [6.45, 7) is 13.7. The van der Waals surface area contributed by atoms with Gasteiger partial charge in [-0.3, -0.25) is 4.99 Å². The maximum atomic E-state index is 4.53. The quantitative estimate of drug-likeness (QED) is 0.181. The number of nitrogens with zero attached hydrogens (tertiary/aromatic N) is 1. The molecule has 0 N–H and O–H groups in total. The second-order valence-corrected chi connectivity index (χ2v) is 9.87. The third-order valence-corrected chi connectivity index (χ3v) is 6.35. The molecule has 1 atom stereocenters. The second kappa shape index (κ2) is 12.5. The second-order valence-electron chi connectivity index (χ2n) is 8.02. The van der Waals surface area contributed by atoms with Crippen LogP contribution in [0, 0.1) is 0 Å². The maximum absolute atomic E-state index is 4.53. The Hall–Kier alpha value is 0.100. The summed E-state index contributed by atoms with van der Waals surface area (Å²) in [6, 6.07) is 0. The average Bonchev–Trinajstić information content (AvgIpc) is 2.44. The van der Waals surface area contributed by atoms with Gasteiger partial charge in [0.15, 0.2) is 0 Å². The topological polar surface area (TPSA) is 12.4 Å². The lowest BCUT2D eigenvalue weighted by atomic mass is 9.96. The molecular formula is C20H42NP. The minimum atomic E-state index is 0.154. The molecule has 0 aliphatic heterocycles. The lowest BCUT2D eigenvalue weighted by Gasteiger charge is -2.22. The van der Waals surface area contributed by atoms with Gasteiger partial charge in [0, 0.05) is 0 Å². The van der Waals surface area contributed by atoms with Gasteiger partial charge in [0.2, 0.25) is 0 Å². The highest BCUT2D eigenvalue weighted by atomic mass is 31.1. The molecule has 0 saturated carbocycles. The Morgan fingerprint density at radius 2 is 1.14 bits per heavy atom. The summed E-state index contributed by atoms with van der Waals surface area (Å²) in [5.74, 6) is 0. The van der Waals surface area contributed by atoms with E-state index < -0.39 is 0 Å². The molecule has 0 aliphatic rings. The summed E-state index contributed by atoms with van der Waals surface area (Å²) < 4.78 is 0. The summed E-state index contributed by atoms with van der Waals surface area (Å²) in [6.07, 6.45) is 17.3. The van der Waals surface area contributed by atoms with Crippen molar-refractivity contribution in [1.29, 1.82) is 0 Å². The summed E-state index contributed by atoms with van der Waals surface area (Å²) in [5.41, 5.74) is 0.154. The van der Waals surface area contributed by atoms with Crippen molar-refractivity contribution in [2.75, 3.05) is 6.66 Å². The first-order valence-corrected chi connectivity index (χ1v) is 11.0. The number of aliphatic imine (C=N–C) groups is 1. The Morgan fingerprint density at radius 3 is 1.55 bits per heavy atom. The van der Waals surface area contributed by atoms with Crippen molar-refractivity contribution >= 4 is 14.8 Å². The Balaban J connectivity index is 3.31. The van der Waals surface area contributed by atoms with Crippen molar-refractivity contribution in [3.05, 3.63) is 0 Å². The molecular weight excluding hydrogens is 285 g/mol. The van der Waals surface area contributed by atoms with Gasteiger partial charge in [-0.1, -0.05) is 71.6 Å². The highest BCUT2D eigenvalue weighted by Gasteiger charge is 2.14. The lowest BCUT2D eigenvalue weighted by molar-refractivity contribution is 0.443. The molecule has 0 aromatic rings. The predicted octanol–water partition coefficient (Wildman–Crippen LogP) is 7.23. The van der Waals surface area contributed by atoms with Crippen LogP contribution in [0.15, 0.2) is 4.99 Å². The molecule has 0 rings (SSSR count). The molecule has 0 aromatic heterocycles. The van der Waals surface area contributed by atoms with E-state index in [-0.39, 0.29) is 5.54 Å². The fourth-order valence-electron chi connectivity index (χ4n) is 2.90. The van der Waals surface area contributed by atoms with Gasteiger partial charge < -0.3 is 0 Å². The molecule has 1 nitrogen and oxygen atoms in total. The van der Waals surface area contributed by atoms with Crippen molar-refractivity contribution in [2.24, 2.45) is 4.99 Å². The fraction of sp³-hybridized carbons (Fsp3) is 0.950. The summed E-state index contributed by atoms with van der Waals surface area (Å²) in [5, 5.41) is 0.593. The van der Waals surface area contributed by atoms with Crippen LogP contribution in [0.5, 0.6) is 0 Å². The van der Waals surface area contributed by atoms with Crippen LogP contribution in [0.3, 0.4) is 0 Å². The standard InChI is InChI=1S/C20H42NP/c1-7-21-19(2,3)17-15-13-11-9-8-10-12-14-16-18-20(4,5)22-6/h7,22H,8-18H2,1-6H3. The van der Waals surface area contributed by atoms with Gasteiger partial charge in [-0.15, -0.1) is 8.58 Å². The predicted molar refractivity (Wildman–Crippen MR) is 107 cm³/mol. The van der Waals surface area contributed by atoms with Crippen molar-refractivity contribution in [2.45, 2.75) is 116 Å². The molecule has 22 heavy (non-hydrogen) atoms. The first-order chi connectivity index (χ1) is 10.3. The van der Waals surface area contributed by atoms with Gasteiger partial charge in [0.25, 0.3) is 0 Å². The van der Waals surface area contributed by atoms with E-state index in [2.05, 4.69) is 39.4 Å². The van der Waals surface area contributed by atoms with E-state index in [9.17, 15) is 0 Å². The normalized spacial score (nSPS) is 13.7. The van der Waals surface area contributed by atoms with E-state index >= 15 is 0 Å². The molecule has 0 amide bonds. The molecule has 1 unspecified atom stereocenters. The highest BCUT2D eigenvalue weighted by molar-refractivity contribution is 7.38. The molecule has 0 saturated heterocycles. The Labute approximate surface area is 142 Å². The molecule has 0 heterocycles. The van der Waals surface area contributed by atoms with Gasteiger partial charge in [-0.05, 0) is 51.6 Å². The summed E-state index contributed by atoms with van der Waals surface area (Å²) in [4.78, 5) is 4.53. The zero-order valence-electron chi connectivity index (χ0n) is 16.3. The maximum Gasteiger partial charge on any atom is 0.0548 e. The molecule has 0 aromatic carbocycles. The van der Waals surface area contributed by atoms with Crippen molar-refractivity contribution < 1.29 is 0 Å². The molecule has 0 radical (unpaired) electrons. The van der Waals surface area contributed by atoms with Crippen molar-refractivity contribution in [1.82, 2.24) is 0 Å². The number of hydrogen-bond donors (Lipinski definition) is 0. The Morgan fingerprint density at radius 1 is 0.727 bits per heavy atom. The van der Waals surface area contributed by atoms with Crippen LogP contribution >= 0.6 is 8.58 Å². The fourth-order valence-corrected chi connectivity index (χ4v) is 3.33. The monoisotopic (exact) mass is 327 g/mol. The lowest BCUT2D eigenvalue weighted by Crippen LogP contribution is -2.16. The molecule has 2 heteroatoms. The van der Waals surface area contributed by atoms with Crippen LogP contribution in [0.1, 0.15) is 105 Å². The van der Waals surface area contributed by atoms with Crippen LogP contribution in [0.25, 0.3) is 0 Å². The number of hydrogen-bond acceptors (Lipinski definition) is 1. The van der Waals surface area contributed by atoms with E-state index in [4.69, 9.17) is 0 Å². The van der Waals surface area contributed by atoms with E-state index in [1.165, 1.54) is 70.6 Å². The third kappa shape index (κ3) is 13.7. The van der Waals surface area contributed by atoms with Crippen molar-refractivity contribution in [3.8, 4) is 0 Å². The average molecular weight is 328 g/mol. The summed E-state index contributed by atoms with van der Waals surface area (Å²) in [7, 11) is 1.08. The Kier molecular flexibility index (Phi) is 12.6. The van der Waals surface area contributed by atoms with Gasteiger partial charge in [-0.25, -0.2) is 0 Å². The SMILES string of the molecule is CC=NC(C)(C)CCCCCCCCCCCC(C)(C)PC. The molecule has 132 valence electrons. The molecule has 0 fully saturated rings. The van der Waals surface area contributed by atoms with E-state index in [1.807, 2.05) is 13.1 Å². The smallest absolute Gasteiger partial charge is 0.0548 e. The van der Waals surface area contributed by atoms with Crippen LogP contribution < -0.4 is 0 Å². The zero-order chi connectivity index (χ0) is 16.9. The van der Waals surface area contributed by atoms with Gasteiger partial charge in [0.1, 0.15) is 0 Å². The van der Waals surface area contributed by atoms with Crippen LogP contribution in [0.4, 0.5) is 0 Å².